The quantitative estimate of drug-likeness (QED) is 0.370. The van der Waals surface area contributed by atoms with Crippen molar-refractivity contribution in [3.63, 3.8) is 0 Å². The Morgan fingerprint density at radius 2 is 1.71 bits per heavy atom. The molecule has 0 bridgehead atoms. The third kappa shape index (κ3) is 1.97. The Hall–Kier alpha value is -2.40. The van der Waals surface area contributed by atoms with Crippen molar-refractivity contribution in [2.24, 2.45) is 0 Å². The summed E-state index contributed by atoms with van der Waals surface area (Å²) in [4.78, 5) is 20.8. The zero-order valence-corrected chi connectivity index (χ0v) is 11.5. The third-order valence-electron chi connectivity index (χ3n) is 3.41. The molecular formula is C15H10ClNO4. The molecule has 2 unspecified atom stereocenters. The van der Waals surface area contributed by atoms with Crippen LogP contribution in [0.15, 0.2) is 54.6 Å². The summed E-state index contributed by atoms with van der Waals surface area (Å²) in [7, 11) is 0. The van der Waals surface area contributed by atoms with Gasteiger partial charge in [-0.25, -0.2) is 0 Å². The minimum Gasteiger partial charge on any atom is -0.475 e. The second-order valence-electron chi connectivity index (χ2n) is 4.66. The zero-order chi connectivity index (χ0) is 15.0. The van der Waals surface area contributed by atoms with Crippen LogP contribution in [-0.4, -0.2) is 15.7 Å². The number of alkyl halides is 1. The Labute approximate surface area is 125 Å². The molecule has 0 aromatic heterocycles. The zero-order valence-electron chi connectivity index (χ0n) is 10.7. The molecule has 2 aromatic carbocycles. The number of rotatable bonds is 2. The molecule has 0 saturated heterocycles. The maximum atomic E-state index is 12.5. The number of ketones is 1. The predicted molar refractivity (Wildman–Crippen MR) is 76.2 cm³/mol. The fraction of sp³-hybridized carbons (Fsp3) is 0.133. The molecule has 3 rings (SSSR count). The Kier molecular flexibility index (Phi) is 3.14. The highest BCUT2D eigenvalue weighted by atomic mass is 35.5. The first-order valence-electron chi connectivity index (χ1n) is 6.24. The number of carbonyl (C=O) groups excluding carboxylic acids is 1. The summed E-state index contributed by atoms with van der Waals surface area (Å²) in [6.07, 6.45) is -1.18. The van der Waals surface area contributed by atoms with Gasteiger partial charge in [-0.15, -0.1) is 0 Å². The molecule has 0 radical (unpaired) electrons. The SMILES string of the molecule is O=C1c2ccccc2OC(c2ccccc2)C1(Cl)[N+](=O)[O-]. The Morgan fingerprint density at radius 1 is 1.10 bits per heavy atom. The molecular weight excluding hydrogens is 294 g/mol. The van der Waals surface area contributed by atoms with Crippen LogP contribution in [0, 0.1) is 10.1 Å². The lowest BCUT2D eigenvalue weighted by Crippen LogP contribution is -2.51. The van der Waals surface area contributed by atoms with Crippen LogP contribution >= 0.6 is 11.6 Å². The number of carbonyl (C=O) groups is 1. The summed E-state index contributed by atoms with van der Waals surface area (Å²) >= 11 is 6.12. The van der Waals surface area contributed by atoms with Gasteiger partial charge in [0.05, 0.1) is 10.5 Å². The van der Waals surface area contributed by atoms with E-state index in [1.807, 2.05) is 0 Å². The standard InChI is InChI=1S/C15H10ClNO4/c16-15(17(19)20)13(18)11-8-4-5-9-12(11)21-14(15)10-6-2-1-3-7-10/h1-9,14H. The molecule has 0 N–H and O–H groups in total. The van der Waals surface area contributed by atoms with E-state index in [1.165, 1.54) is 6.07 Å². The monoisotopic (exact) mass is 303 g/mol. The van der Waals surface area contributed by atoms with E-state index in [-0.39, 0.29) is 5.56 Å². The molecule has 1 aliphatic heterocycles. The van der Waals surface area contributed by atoms with Crippen molar-refractivity contribution in [2.45, 2.75) is 11.1 Å². The number of nitro groups is 1. The number of benzene rings is 2. The predicted octanol–water partition coefficient (Wildman–Crippen LogP) is 3.21. The van der Waals surface area contributed by atoms with Crippen LogP contribution in [0.2, 0.25) is 0 Å². The fourth-order valence-corrected chi connectivity index (χ4v) is 2.64. The summed E-state index contributed by atoms with van der Waals surface area (Å²) in [6, 6.07) is 14.9. The van der Waals surface area contributed by atoms with Gasteiger partial charge in [0.25, 0.3) is 5.78 Å². The van der Waals surface area contributed by atoms with Crippen LogP contribution in [0.5, 0.6) is 5.75 Å². The molecule has 21 heavy (non-hydrogen) atoms. The smallest absolute Gasteiger partial charge is 0.397 e. The second kappa shape index (κ2) is 4.86. The van der Waals surface area contributed by atoms with Crippen molar-refractivity contribution in [3.8, 4) is 5.75 Å². The van der Waals surface area contributed by atoms with E-state index >= 15 is 0 Å². The largest absolute Gasteiger partial charge is 0.475 e. The van der Waals surface area contributed by atoms with Crippen molar-refractivity contribution in [3.05, 3.63) is 75.8 Å². The van der Waals surface area contributed by atoms with Crippen molar-refractivity contribution in [1.29, 1.82) is 0 Å². The van der Waals surface area contributed by atoms with Gasteiger partial charge in [0.15, 0.2) is 0 Å². The number of hydrogen-bond donors (Lipinski definition) is 0. The molecule has 0 spiro atoms. The number of fused-ring (bicyclic) bond motifs is 1. The molecule has 2 atom stereocenters. The Morgan fingerprint density at radius 3 is 2.38 bits per heavy atom. The first-order valence-corrected chi connectivity index (χ1v) is 6.62. The number of nitrogens with zero attached hydrogens (tertiary/aromatic N) is 1. The maximum absolute atomic E-state index is 12.5. The van der Waals surface area contributed by atoms with E-state index < -0.39 is 21.8 Å². The van der Waals surface area contributed by atoms with Crippen molar-refractivity contribution in [2.75, 3.05) is 0 Å². The van der Waals surface area contributed by atoms with Gasteiger partial charge < -0.3 is 4.74 Å². The molecule has 106 valence electrons. The van der Waals surface area contributed by atoms with Crippen LogP contribution in [-0.2, 0) is 0 Å². The molecule has 1 heterocycles. The van der Waals surface area contributed by atoms with Gasteiger partial charge in [-0.2, -0.15) is 0 Å². The average molecular weight is 304 g/mol. The minimum atomic E-state index is -2.37. The maximum Gasteiger partial charge on any atom is 0.397 e. The molecule has 0 amide bonds. The van der Waals surface area contributed by atoms with E-state index in [9.17, 15) is 14.9 Å². The van der Waals surface area contributed by atoms with Crippen molar-refractivity contribution < 1.29 is 14.5 Å². The number of para-hydroxylation sites is 1. The van der Waals surface area contributed by atoms with Crippen LogP contribution in [0.3, 0.4) is 0 Å². The normalized spacial score (nSPS) is 24.0. The van der Waals surface area contributed by atoms with E-state index in [4.69, 9.17) is 16.3 Å². The highest BCUT2D eigenvalue weighted by Crippen LogP contribution is 2.45. The van der Waals surface area contributed by atoms with Crippen LogP contribution in [0.4, 0.5) is 0 Å². The van der Waals surface area contributed by atoms with E-state index in [0.29, 0.717) is 11.3 Å². The van der Waals surface area contributed by atoms with Gasteiger partial charge in [0.2, 0.25) is 6.10 Å². The third-order valence-corrected chi connectivity index (χ3v) is 3.92. The number of hydrogen-bond acceptors (Lipinski definition) is 4. The van der Waals surface area contributed by atoms with E-state index in [0.717, 1.165) is 0 Å². The Bertz CT molecular complexity index is 719. The van der Waals surface area contributed by atoms with Gasteiger partial charge in [-0.05, 0) is 23.7 Å². The van der Waals surface area contributed by atoms with Gasteiger partial charge in [-0.1, -0.05) is 42.5 Å². The highest BCUT2D eigenvalue weighted by molar-refractivity contribution is 6.37. The van der Waals surface area contributed by atoms with Crippen LogP contribution in [0.25, 0.3) is 0 Å². The second-order valence-corrected chi connectivity index (χ2v) is 5.24. The minimum absolute atomic E-state index is 0.122. The fourth-order valence-electron chi connectivity index (χ4n) is 2.37. The lowest BCUT2D eigenvalue weighted by molar-refractivity contribution is -0.536. The summed E-state index contributed by atoms with van der Waals surface area (Å²) in [5.74, 6) is -0.459. The van der Waals surface area contributed by atoms with Crippen molar-refractivity contribution in [1.82, 2.24) is 0 Å². The molecule has 6 heteroatoms. The summed E-state index contributed by atoms with van der Waals surface area (Å²) in [6.45, 7) is 0. The summed E-state index contributed by atoms with van der Waals surface area (Å²) in [5.41, 5.74) is 0.600. The summed E-state index contributed by atoms with van der Waals surface area (Å²) < 4.78 is 5.67. The van der Waals surface area contributed by atoms with Gasteiger partial charge >= 0.3 is 5.00 Å². The molecule has 0 aliphatic carbocycles. The van der Waals surface area contributed by atoms with Crippen LogP contribution in [0.1, 0.15) is 22.0 Å². The van der Waals surface area contributed by atoms with Crippen molar-refractivity contribution >= 4 is 17.4 Å². The lowest BCUT2D eigenvalue weighted by Gasteiger charge is -2.32. The topological polar surface area (TPSA) is 69.4 Å². The van der Waals surface area contributed by atoms with E-state index in [1.54, 1.807) is 48.5 Å². The number of ether oxygens (including phenoxy) is 1. The first kappa shape index (κ1) is 13.6. The first-order chi connectivity index (χ1) is 10.0. The van der Waals surface area contributed by atoms with Crippen LogP contribution < -0.4 is 4.74 Å². The van der Waals surface area contributed by atoms with Gasteiger partial charge in [0.1, 0.15) is 5.75 Å². The summed E-state index contributed by atoms with van der Waals surface area (Å²) in [5, 5.41) is 11.5. The van der Waals surface area contributed by atoms with Gasteiger partial charge in [0, 0.05) is 5.56 Å². The van der Waals surface area contributed by atoms with E-state index in [2.05, 4.69) is 0 Å². The number of Topliss-reactive ketones (excluding diaryl/α,β-unsaturated/α-hetero) is 1. The lowest BCUT2D eigenvalue weighted by atomic mass is 9.91. The Balaban J connectivity index is 2.20. The molecule has 2 aromatic rings. The number of halogens is 1. The molecule has 0 fully saturated rings. The highest BCUT2D eigenvalue weighted by Gasteiger charge is 2.61. The van der Waals surface area contributed by atoms with Gasteiger partial charge in [-0.3, -0.25) is 14.9 Å². The molecule has 5 nitrogen and oxygen atoms in total. The average Bonchev–Trinajstić information content (AvgIpc) is 2.51. The molecule has 0 saturated carbocycles. The molecule has 1 aliphatic rings.